The summed E-state index contributed by atoms with van der Waals surface area (Å²) in [6.45, 7) is 6.17. The zero-order valence-corrected chi connectivity index (χ0v) is 25.1. The lowest BCUT2D eigenvalue weighted by molar-refractivity contribution is 0.00857. The predicted molar refractivity (Wildman–Crippen MR) is 161 cm³/mol. The molecule has 2 bridgehead atoms. The Morgan fingerprint density at radius 2 is 1.95 bits per heavy atom. The van der Waals surface area contributed by atoms with Crippen LogP contribution in [0.25, 0.3) is 0 Å². The van der Waals surface area contributed by atoms with Crippen molar-refractivity contribution in [1.82, 2.24) is 4.72 Å². The Morgan fingerprint density at radius 1 is 1.10 bits per heavy atom. The number of hydrogen-bond acceptors (Lipinski definition) is 5. The van der Waals surface area contributed by atoms with Crippen LogP contribution in [-0.2, 0) is 22.8 Å². The van der Waals surface area contributed by atoms with Gasteiger partial charge in [-0.1, -0.05) is 31.0 Å². The number of aliphatic hydroxyl groups is 1. The molecule has 40 heavy (non-hydrogen) atoms. The number of nitrogens with one attached hydrogen (secondary N) is 1. The molecule has 0 aromatic heterocycles. The molecule has 216 valence electrons. The van der Waals surface area contributed by atoms with Gasteiger partial charge in [-0.05, 0) is 111 Å². The normalized spacial score (nSPS) is 34.5. The molecule has 6 nitrogen and oxygen atoms in total. The number of nitrogens with zero attached hydrogens (tertiary/aromatic N) is 1. The Hall–Kier alpha value is -2.09. The van der Waals surface area contributed by atoms with Gasteiger partial charge in [0.1, 0.15) is 16.7 Å². The molecule has 6 rings (SSSR count). The summed E-state index contributed by atoms with van der Waals surface area (Å²) in [6.07, 6.45) is 7.47. The zero-order valence-electron chi connectivity index (χ0n) is 23.5. The van der Waals surface area contributed by atoms with Gasteiger partial charge in [0.15, 0.2) is 0 Å². The fourth-order valence-corrected chi connectivity index (χ4v) is 8.66. The van der Waals surface area contributed by atoms with Gasteiger partial charge in [-0.25, -0.2) is 4.21 Å². The van der Waals surface area contributed by atoms with E-state index in [-0.39, 0.29) is 34.5 Å². The van der Waals surface area contributed by atoms with Crippen LogP contribution >= 0.6 is 11.6 Å². The van der Waals surface area contributed by atoms with Gasteiger partial charge in [0.05, 0.1) is 23.6 Å². The van der Waals surface area contributed by atoms with E-state index in [4.69, 9.17) is 16.3 Å². The number of carbonyl (C=O) groups excluding carboxylic acids is 1. The second-order valence-corrected chi connectivity index (χ2v) is 14.7. The Kier molecular flexibility index (Phi) is 7.92. The molecule has 1 saturated carbocycles. The van der Waals surface area contributed by atoms with Crippen LogP contribution in [0.1, 0.15) is 80.3 Å². The molecular weight excluding hydrogens is 544 g/mol. The summed E-state index contributed by atoms with van der Waals surface area (Å²) in [4.78, 5) is 15.7. The number of aryl methyl sites for hydroxylation is 1. The Bertz CT molecular complexity index is 1300. The molecule has 2 aromatic rings. The number of rotatable bonds is 0. The average Bonchev–Trinajstić information content (AvgIpc) is 3.07. The van der Waals surface area contributed by atoms with Crippen LogP contribution < -0.4 is 14.4 Å². The van der Waals surface area contributed by atoms with Gasteiger partial charge in [-0.2, -0.15) is 0 Å². The Morgan fingerprint density at radius 3 is 2.75 bits per heavy atom. The van der Waals surface area contributed by atoms with Crippen molar-refractivity contribution in [3.05, 3.63) is 58.1 Å². The van der Waals surface area contributed by atoms with E-state index in [1.807, 2.05) is 25.1 Å². The molecule has 2 heterocycles. The van der Waals surface area contributed by atoms with E-state index in [1.165, 1.54) is 11.1 Å². The first kappa shape index (κ1) is 28.0. The van der Waals surface area contributed by atoms with Crippen LogP contribution in [0.5, 0.6) is 5.75 Å². The number of aliphatic hydroxyl groups excluding tert-OH is 1. The summed E-state index contributed by atoms with van der Waals surface area (Å²) in [6, 6.07) is 11.9. The number of halogens is 1. The second-order valence-electron chi connectivity index (χ2n) is 12.7. The SMILES string of the molecule is CC1CCCC(O)C2CCC2CN2CC3(CCCc4cc(Cl)ccc43)COc3ccc(cc32)C(=O)NS(=O)[C@H]1C. The standard InChI is InChI=1S/C32H41ClN2O4S/c1-20-5-3-7-29(36)26-11-8-24(26)17-35-18-32(14-4-6-22-15-25(33)10-12-27(22)32)19-39-30-13-9-23(16-28(30)35)31(37)34-40(38)21(20)2/h9-10,12-13,15-16,20-21,24,26,29,36H,3-8,11,14,17-19H2,1-2H3,(H,34,37)/t20?,21-,24?,26?,29?,32?,40?/m0/s1. The molecule has 2 aliphatic carbocycles. The number of carbonyl (C=O) groups is 1. The lowest BCUT2D eigenvalue weighted by Gasteiger charge is -2.46. The van der Waals surface area contributed by atoms with Crippen LogP contribution in [0.2, 0.25) is 5.02 Å². The fourth-order valence-electron chi connectivity index (χ4n) is 7.42. The molecule has 4 aliphatic rings. The van der Waals surface area contributed by atoms with Crippen molar-refractivity contribution in [3.8, 4) is 5.75 Å². The number of hydrogen-bond donors (Lipinski definition) is 2. The van der Waals surface area contributed by atoms with E-state index in [2.05, 4.69) is 28.7 Å². The highest BCUT2D eigenvalue weighted by atomic mass is 35.5. The molecule has 6 unspecified atom stereocenters. The molecule has 8 heteroatoms. The summed E-state index contributed by atoms with van der Waals surface area (Å²) < 4.78 is 22.4. The molecule has 2 aromatic carbocycles. The number of benzene rings is 2. The minimum Gasteiger partial charge on any atom is -0.490 e. The maximum absolute atomic E-state index is 13.3. The van der Waals surface area contributed by atoms with E-state index >= 15 is 0 Å². The monoisotopic (exact) mass is 584 g/mol. The lowest BCUT2D eigenvalue weighted by atomic mass is 9.68. The minimum atomic E-state index is -1.50. The first-order chi connectivity index (χ1) is 19.2. The summed E-state index contributed by atoms with van der Waals surface area (Å²) in [5.74, 6) is 1.30. The molecular formula is C32H41ClN2O4S. The summed E-state index contributed by atoms with van der Waals surface area (Å²) >= 11 is 6.39. The molecule has 1 amide bonds. The predicted octanol–water partition coefficient (Wildman–Crippen LogP) is 5.80. The van der Waals surface area contributed by atoms with Crippen LogP contribution in [0.3, 0.4) is 0 Å². The van der Waals surface area contributed by atoms with Gasteiger partial charge in [-0.3, -0.25) is 9.52 Å². The molecule has 0 radical (unpaired) electrons. The van der Waals surface area contributed by atoms with Crippen molar-refractivity contribution in [2.45, 2.75) is 82.0 Å². The molecule has 2 aliphatic heterocycles. The third kappa shape index (κ3) is 5.30. The van der Waals surface area contributed by atoms with Gasteiger partial charge in [0.2, 0.25) is 0 Å². The van der Waals surface area contributed by atoms with Crippen molar-refractivity contribution in [2.24, 2.45) is 17.8 Å². The van der Waals surface area contributed by atoms with Crippen molar-refractivity contribution in [3.63, 3.8) is 0 Å². The number of fused-ring (bicyclic) bond motifs is 4. The number of amides is 1. The quantitative estimate of drug-likeness (QED) is 0.409. The van der Waals surface area contributed by atoms with Crippen molar-refractivity contribution >= 4 is 34.2 Å². The lowest BCUT2D eigenvalue weighted by Crippen LogP contribution is -2.49. The number of ether oxygens (including phenoxy) is 1. The second kappa shape index (κ2) is 11.3. The third-order valence-corrected chi connectivity index (χ3v) is 12.0. The van der Waals surface area contributed by atoms with Gasteiger partial charge < -0.3 is 14.7 Å². The Balaban J connectivity index is 1.39. The van der Waals surface area contributed by atoms with Gasteiger partial charge in [0, 0.05) is 29.1 Å². The van der Waals surface area contributed by atoms with Gasteiger partial charge >= 0.3 is 0 Å². The van der Waals surface area contributed by atoms with Crippen LogP contribution in [-0.4, -0.2) is 46.3 Å². The largest absolute Gasteiger partial charge is 0.490 e. The summed E-state index contributed by atoms with van der Waals surface area (Å²) in [5, 5.41) is 11.8. The van der Waals surface area contributed by atoms with Crippen molar-refractivity contribution in [2.75, 3.05) is 24.6 Å². The maximum atomic E-state index is 13.3. The smallest absolute Gasteiger partial charge is 0.263 e. The average molecular weight is 585 g/mol. The van der Waals surface area contributed by atoms with Gasteiger partial charge in [-0.15, -0.1) is 0 Å². The molecule has 1 fully saturated rings. The zero-order chi connectivity index (χ0) is 28.0. The van der Waals surface area contributed by atoms with E-state index in [0.29, 0.717) is 18.1 Å². The van der Waals surface area contributed by atoms with Gasteiger partial charge in [0.25, 0.3) is 5.91 Å². The van der Waals surface area contributed by atoms with Crippen molar-refractivity contribution < 1.29 is 18.8 Å². The van der Waals surface area contributed by atoms with Crippen LogP contribution in [0, 0.1) is 17.8 Å². The van der Waals surface area contributed by atoms with Crippen LogP contribution in [0.15, 0.2) is 36.4 Å². The topological polar surface area (TPSA) is 78.9 Å². The highest BCUT2D eigenvalue weighted by Gasteiger charge is 2.44. The Labute approximate surface area is 245 Å². The molecule has 0 saturated heterocycles. The molecule has 2 N–H and O–H groups in total. The summed E-state index contributed by atoms with van der Waals surface area (Å²) in [5.41, 5.74) is 3.82. The first-order valence-electron chi connectivity index (χ1n) is 14.9. The highest BCUT2D eigenvalue weighted by Crippen LogP contribution is 2.47. The maximum Gasteiger partial charge on any atom is 0.263 e. The molecule has 7 atom stereocenters. The first-order valence-corrected chi connectivity index (χ1v) is 16.5. The highest BCUT2D eigenvalue weighted by molar-refractivity contribution is 7.84. The van der Waals surface area contributed by atoms with E-state index in [0.717, 1.165) is 80.9 Å². The summed E-state index contributed by atoms with van der Waals surface area (Å²) in [7, 11) is -1.50. The number of anilines is 1. The fraction of sp³-hybridized carbons (Fsp3) is 0.594. The van der Waals surface area contributed by atoms with E-state index in [1.54, 1.807) is 6.07 Å². The van der Waals surface area contributed by atoms with Crippen LogP contribution in [0.4, 0.5) is 5.69 Å². The molecule has 1 spiro atoms. The van der Waals surface area contributed by atoms with Crippen molar-refractivity contribution in [1.29, 1.82) is 0 Å². The third-order valence-electron chi connectivity index (χ3n) is 10.2. The minimum absolute atomic E-state index is 0.175. The van der Waals surface area contributed by atoms with E-state index in [9.17, 15) is 14.1 Å². The van der Waals surface area contributed by atoms with E-state index < -0.39 is 11.0 Å².